The minimum absolute atomic E-state index is 0.0692. The molecule has 0 bridgehead atoms. The predicted molar refractivity (Wildman–Crippen MR) is 136 cm³/mol. The molecule has 1 amide bonds. The first kappa shape index (κ1) is 23.3. The van der Waals surface area contributed by atoms with Gasteiger partial charge in [-0.2, -0.15) is 5.10 Å². The molecular weight excluding hydrogens is 480 g/mol. The van der Waals surface area contributed by atoms with Crippen LogP contribution in [0.5, 0.6) is 0 Å². The predicted octanol–water partition coefficient (Wildman–Crippen LogP) is 2.96. The summed E-state index contributed by atoms with van der Waals surface area (Å²) in [4.78, 5) is 41.0. The van der Waals surface area contributed by atoms with E-state index in [0.29, 0.717) is 17.3 Å². The summed E-state index contributed by atoms with van der Waals surface area (Å²) in [6.45, 7) is 0.927. The van der Waals surface area contributed by atoms with Crippen molar-refractivity contribution in [3.05, 3.63) is 127 Å². The zero-order valence-corrected chi connectivity index (χ0v) is 19.8. The molecule has 0 unspecified atom stereocenters. The fourth-order valence-electron chi connectivity index (χ4n) is 3.85. The van der Waals surface area contributed by atoms with Crippen LogP contribution in [0.25, 0.3) is 10.9 Å². The van der Waals surface area contributed by atoms with Crippen molar-refractivity contribution >= 4 is 28.4 Å². The number of fused-ring (bicyclic) bond motifs is 1. The van der Waals surface area contributed by atoms with Crippen LogP contribution in [0.4, 0.5) is 0 Å². The van der Waals surface area contributed by atoms with Gasteiger partial charge in [0.1, 0.15) is 5.69 Å². The van der Waals surface area contributed by atoms with Crippen LogP contribution in [0, 0.1) is 0 Å². The number of hydrogen-bond donors (Lipinski definition) is 2. The van der Waals surface area contributed by atoms with E-state index in [2.05, 4.69) is 20.5 Å². The number of nitrogens with zero attached hydrogens (tertiary/aromatic N) is 4. The summed E-state index contributed by atoms with van der Waals surface area (Å²) in [5.41, 5.74) is 3.03. The summed E-state index contributed by atoms with van der Waals surface area (Å²) in [6, 6.07) is 18.0. The lowest BCUT2D eigenvalue weighted by Crippen LogP contribution is -2.28. The van der Waals surface area contributed by atoms with Crippen LogP contribution < -0.4 is 16.4 Å². The molecule has 5 aromatic rings. The van der Waals surface area contributed by atoms with Gasteiger partial charge < -0.3 is 14.5 Å². The highest BCUT2D eigenvalue weighted by Crippen LogP contribution is 2.20. The van der Waals surface area contributed by atoms with E-state index < -0.39 is 5.91 Å². The fourth-order valence-corrected chi connectivity index (χ4v) is 4.02. The number of halogens is 1. The fraction of sp³-hybridized carbons (Fsp3) is 0.115. The van der Waals surface area contributed by atoms with Crippen LogP contribution in [0.3, 0.4) is 0 Å². The van der Waals surface area contributed by atoms with Crippen LogP contribution in [0.2, 0.25) is 5.02 Å². The topological polar surface area (TPSA) is 115 Å². The largest absolute Gasteiger partial charge is 0.345 e. The maximum absolute atomic E-state index is 12.7. The second-order valence-electron chi connectivity index (χ2n) is 8.27. The van der Waals surface area contributed by atoms with Crippen molar-refractivity contribution in [2.45, 2.75) is 19.6 Å². The molecule has 0 aliphatic rings. The van der Waals surface area contributed by atoms with Gasteiger partial charge in [0.05, 0.1) is 37.0 Å². The molecule has 180 valence electrons. The Kier molecular flexibility index (Phi) is 6.46. The van der Waals surface area contributed by atoms with Gasteiger partial charge in [0.25, 0.3) is 17.0 Å². The third kappa shape index (κ3) is 5.11. The molecule has 0 aliphatic heterocycles. The Balaban J connectivity index is 1.27. The third-order valence-corrected chi connectivity index (χ3v) is 5.99. The van der Waals surface area contributed by atoms with E-state index in [1.807, 2.05) is 30.3 Å². The lowest BCUT2D eigenvalue weighted by Gasteiger charge is -2.10. The Morgan fingerprint density at radius 1 is 0.944 bits per heavy atom. The quantitative estimate of drug-likeness (QED) is 0.356. The molecule has 0 fully saturated rings. The number of rotatable bonds is 7. The number of aromatic nitrogens is 5. The standard InChI is InChI=1S/C26H21ClN6O3/c27-19-8-9-21-20(11-19)22(31-30-21)12-29-26(36)23-16-33(25(35)13-28-23)15-18-6-4-17(5-7-18)14-32-10-2-1-3-24(32)34/h1-11,13,16H,12,14-15H2,(H,29,36)(H,30,31). The number of pyridine rings is 1. The van der Waals surface area contributed by atoms with Crippen molar-refractivity contribution in [2.24, 2.45) is 0 Å². The molecule has 36 heavy (non-hydrogen) atoms. The van der Waals surface area contributed by atoms with Crippen LogP contribution >= 0.6 is 11.6 Å². The highest BCUT2D eigenvalue weighted by molar-refractivity contribution is 6.31. The maximum atomic E-state index is 12.7. The number of carbonyl (C=O) groups excluding carboxylic acids is 1. The Bertz CT molecular complexity index is 1670. The van der Waals surface area contributed by atoms with Gasteiger partial charge in [0.15, 0.2) is 0 Å². The molecule has 10 heteroatoms. The van der Waals surface area contributed by atoms with E-state index in [4.69, 9.17) is 11.6 Å². The third-order valence-electron chi connectivity index (χ3n) is 5.76. The molecule has 2 aromatic carbocycles. The molecule has 3 heterocycles. The Hall–Kier alpha value is -4.50. The summed E-state index contributed by atoms with van der Waals surface area (Å²) in [7, 11) is 0. The normalized spacial score (nSPS) is 11.0. The molecule has 3 aromatic heterocycles. The number of nitrogens with one attached hydrogen (secondary N) is 2. The van der Waals surface area contributed by atoms with E-state index in [1.165, 1.54) is 16.8 Å². The van der Waals surface area contributed by atoms with E-state index in [1.54, 1.807) is 35.0 Å². The summed E-state index contributed by atoms with van der Waals surface area (Å²) in [5.74, 6) is -0.419. The molecule has 0 aliphatic carbocycles. The first-order valence-corrected chi connectivity index (χ1v) is 11.5. The second-order valence-corrected chi connectivity index (χ2v) is 8.70. The zero-order chi connectivity index (χ0) is 25.1. The Morgan fingerprint density at radius 3 is 2.44 bits per heavy atom. The Morgan fingerprint density at radius 2 is 1.69 bits per heavy atom. The van der Waals surface area contributed by atoms with Crippen LogP contribution in [-0.4, -0.2) is 30.2 Å². The summed E-state index contributed by atoms with van der Waals surface area (Å²) in [6.07, 6.45) is 4.32. The van der Waals surface area contributed by atoms with Gasteiger partial charge in [0.2, 0.25) is 0 Å². The van der Waals surface area contributed by atoms with Crippen LogP contribution in [0.1, 0.15) is 27.3 Å². The van der Waals surface area contributed by atoms with E-state index >= 15 is 0 Å². The van der Waals surface area contributed by atoms with Gasteiger partial charge in [0, 0.05) is 28.9 Å². The lowest BCUT2D eigenvalue weighted by atomic mass is 10.1. The lowest BCUT2D eigenvalue weighted by molar-refractivity contribution is 0.0944. The SMILES string of the molecule is O=C(NCc1[nH]nc2ccc(Cl)cc12)c1cn(Cc2ccc(Cn3ccccc3=O)cc2)c(=O)cn1. The van der Waals surface area contributed by atoms with Gasteiger partial charge in [-0.05, 0) is 35.4 Å². The Labute approximate surface area is 210 Å². The van der Waals surface area contributed by atoms with Crippen molar-refractivity contribution < 1.29 is 4.79 Å². The first-order chi connectivity index (χ1) is 17.5. The van der Waals surface area contributed by atoms with Gasteiger partial charge in [-0.1, -0.05) is 41.9 Å². The van der Waals surface area contributed by atoms with Crippen molar-refractivity contribution in [1.82, 2.24) is 29.6 Å². The molecule has 0 spiro atoms. The highest BCUT2D eigenvalue weighted by Gasteiger charge is 2.12. The van der Waals surface area contributed by atoms with Crippen LogP contribution in [0.15, 0.2) is 88.8 Å². The van der Waals surface area contributed by atoms with Gasteiger partial charge in [-0.25, -0.2) is 4.98 Å². The monoisotopic (exact) mass is 500 g/mol. The smallest absolute Gasteiger partial charge is 0.271 e. The molecular formula is C26H21ClN6O3. The summed E-state index contributed by atoms with van der Waals surface area (Å²) in [5, 5.41) is 11.3. The number of aromatic amines is 1. The summed E-state index contributed by atoms with van der Waals surface area (Å²) < 4.78 is 3.05. The molecule has 2 N–H and O–H groups in total. The van der Waals surface area contributed by atoms with E-state index in [0.717, 1.165) is 28.2 Å². The van der Waals surface area contributed by atoms with Crippen LogP contribution in [-0.2, 0) is 19.6 Å². The molecule has 9 nitrogen and oxygen atoms in total. The van der Waals surface area contributed by atoms with Gasteiger partial charge >= 0.3 is 0 Å². The molecule has 0 saturated heterocycles. The average molecular weight is 501 g/mol. The maximum Gasteiger partial charge on any atom is 0.271 e. The van der Waals surface area contributed by atoms with Gasteiger partial charge in [-0.15, -0.1) is 0 Å². The second kappa shape index (κ2) is 10.0. The molecule has 5 rings (SSSR count). The van der Waals surface area contributed by atoms with Crippen molar-refractivity contribution in [1.29, 1.82) is 0 Å². The molecule has 0 atom stereocenters. The van der Waals surface area contributed by atoms with E-state index in [-0.39, 0.29) is 29.9 Å². The minimum atomic E-state index is -0.419. The van der Waals surface area contributed by atoms with Gasteiger partial charge in [-0.3, -0.25) is 19.5 Å². The number of H-pyrrole nitrogens is 1. The van der Waals surface area contributed by atoms with Crippen molar-refractivity contribution in [3.63, 3.8) is 0 Å². The highest BCUT2D eigenvalue weighted by atomic mass is 35.5. The first-order valence-electron chi connectivity index (χ1n) is 11.2. The number of amides is 1. The van der Waals surface area contributed by atoms with Crippen molar-refractivity contribution in [3.8, 4) is 0 Å². The minimum Gasteiger partial charge on any atom is -0.345 e. The van der Waals surface area contributed by atoms with Crippen molar-refractivity contribution in [2.75, 3.05) is 0 Å². The average Bonchev–Trinajstić information content (AvgIpc) is 3.28. The van der Waals surface area contributed by atoms with E-state index in [9.17, 15) is 14.4 Å². The number of hydrogen-bond acceptors (Lipinski definition) is 5. The number of carbonyl (C=O) groups is 1. The zero-order valence-electron chi connectivity index (χ0n) is 19.0. The molecule has 0 saturated carbocycles. The summed E-state index contributed by atoms with van der Waals surface area (Å²) >= 11 is 6.07. The number of benzene rings is 2. The molecule has 0 radical (unpaired) electrons.